The van der Waals surface area contributed by atoms with Crippen molar-refractivity contribution < 1.29 is 9.15 Å². The number of hydrogen-bond acceptors (Lipinski definition) is 4. The number of oxazole rings is 1. The largest absolute Gasteiger partial charge is 0.497 e. The van der Waals surface area contributed by atoms with Gasteiger partial charge in [0.25, 0.3) is 0 Å². The Kier molecular flexibility index (Phi) is 4.36. The molecule has 0 aliphatic heterocycles. The van der Waals surface area contributed by atoms with Crippen LogP contribution in [0.5, 0.6) is 5.75 Å². The third kappa shape index (κ3) is 2.90. The number of aromatic nitrogens is 1. The monoisotopic (exact) mass is 246 g/mol. The average molecular weight is 246 g/mol. The molecule has 0 amide bonds. The summed E-state index contributed by atoms with van der Waals surface area (Å²) in [5.74, 6) is 1.66. The van der Waals surface area contributed by atoms with E-state index in [2.05, 4.69) is 17.2 Å². The maximum Gasteiger partial charge on any atom is 0.181 e. The van der Waals surface area contributed by atoms with E-state index in [0.29, 0.717) is 0 Å². The summed E-state index contributed by atoms with van der Waals surface area (Å²) < 4.78 is 10.6. The highest BCUT2D eigenvalue weighted by Gasteiger charge is 2.10. The first-order valence-corrected chi connectivity index (χ1v) is 6.12. The molecule has 0 aliphatic rings. The Bertz CT molecular complexity index is 477. The van der Waals surface area contributed by atoms with Gasteiger partial charge in [0.1, 0.15) is 11.4 Å². The fraction of sp³-hybridized carbons (Fsp3) is 0.357. The molecule has 1 aromatic carbocycles. The van der Waals surface area contributed by atoms with Gasteiger partial charge in [-0.05, 0) is 37.2 Å². The lowest BCUT2D eigenvalue weighted by atomic mass is 10.1. The van der Waals surface area contributed by atoms with Crippen LogP contribution in [0.25, 0.3) is 11.3 Å². The van der Waals surface area contributed by atoms with Gasteiger partial charge in [0, 0.05) is 12.1 Å². The quantitative estimate of drug-likeness (QED) is 0.796. The smallest absolute Gasteiger partial charge is 0.181 e. The van der Waals surface area contributed by atoms with Crippen molar-refractivity contribution in [2.45, 2.75) is 19.9 Å². The van der Waals surface area contributed by atoms with Gasteiger partial charge in [0.15, 0.2) is 12.2 Å². The Morgan fingerprint density at radius 3 is 2.72 bits per heavy atom. The Balaban J connectivity index is 2.14. The summed E-state index contributed by atoms with van der Waals surface area (Å²) in [6.45, 7) is 3.85. The van der Waals surface area contributed by atoms with Crippen LogP contribution in [0, 0.1) is 0 Å². The highest BCUT2D eigenvalue weighted by atomic mass is 16.5. The molecule has 0 fully saturated rings. The van der Waals surface area contributed by atoms with Gasteiger partial charge in [-0.25, -0.2) is 4.98 Å². The summed E-state index contributed by atoms with van der Waals surface area (Å²) in [6, 6.07) is 7.79. The van der Waals surface area contributed by atoms with Crippen molar-refractivity contribution in [2.75, 3.05) is 13.7 Å². The number of rotatable bonds is 6. The van der Waals surface area contributed by atoms with Gasteiger partial charge >= 0.3 is 0 Å². The van der Waals surface area contributed by atoms with Gasteiger partial charge in [-0.3, -0.25) is 0 Å². The minimum atomic E-state index is 0.728. The molecule has 0 spiro atoms. The van der Waals surface area contributed by atoms with Crippen molar-refractivity contribution in [3.63, 3.8) is 0 Å². The summed E-state index contributed by atoms with van der Waals surface area (Å²) in [7, 11) is 1.66. The fourth-order valence-electron chi connectivity index (χ4n) is 1.76. The number of hydrogen-bond donors (Lipinski definition) is 1. The van der Waals surface area contributed by atoms with E-state index in [4.69, 9.17) is 9.15 Å². The molecule has 2 aromatic rings. The van der Waals surface area contributed by atoms with Crippen LogP contribution in [0.3, 0.4) is 0 Å². The molecular formula is C14H18N2O2. The van der Waals surface area contributed by atoms with Crippen LogP contribution in [-0.4, -0.2) is 18.6 Å². The molecule has 18 heavy (non-hydrogen) atoms. The van der Waals surface area contributed by atoms with Gasteiger partial charge in [-0.1, -0.05) is 6.92 Å². The van der Waals surface area contributed by atoms with E-state index >= 15 is 0 Å². The van der Waals surface area contributed by atoms with Gasteiger partial charge in [-0.15, -0.1) is 0 Å². The second-order valence-corrected chi connectivity index (χ2v) is 4.03. The second-order valence-electron chi connectivity index (χ2n) is 4.03. The number of benzene rings is 1. The Labute approximate surface area is 107 Å². The van der Waals surface area contributed by atoms with Crippen LogP contribution in [-0.2, 0) is 6.54 Å². The molecule has 1 aromatic heterocycles. The molecule has 1 heterocycles. The Hall–Kier alpha value is -1.81. The number of nitrogens with zero attached hydrogens (tertiary/aromatic N) is 1. The molecule has 0 atom stereocenters. The molecule has 0 aliphatic carbocycles. The summed E-state index contributed by atoms with van der Waals surface area (Å²) in [5.41, 5.74) is 1.95. The first-order valence-electron chi connectivity index (χ1n) is 6.12. The molecule has 0 saturated heterocycles. The van der Waals surface area contributed by atoms with Crippen LogP contribution in [0.4, 0.5) is 0 Å². The van der Waals surface area contributed by atoms with Crippen molar-refractivity contribution in [3.8, 4) is 17.1 Å². The van der Waals surface area contributed by atoms with Gasteiger partial charge in [0.2, 0.25) is 0 Å². The van der Waals surface area contributed by atoms with Crippen LogP contribution in [0.15, 0.2) is 35.1 Å². The molecule has 0 bridgehead atoms. The van der Waals surface area contributed by atoms with Crippen molar-refractivity contribution in [2.24, 2.45) is 0 Å². The predicted molar refractivity (Wildman–Crippen MR) is 70.5 cm³/mol. The van der Waals surface area contributed by atoms with Gasteiger partial charge < -0.3 is 14.5 Å². The van der Waals surface area contributed by atoms with Crippen LogP contribution in [0.2, 0.25) is 0 Å². The van der Waals surface area contributed by atoms with E-state index in [-0.39, 0.29) is 0 Å². The molecular weight excluding hydrogens is 228 g/mol. The SMILES string of the molecule is CCCNCc1ncoc1-c1ccc(OC)cc1. The minimum absolute atomic E-state index is 0.728. The minimum Gasteiger partial charge on any atom is -0.497 e. The maximum atomic E-state index is 5.46. The fourth-order valence-corrected chi connectivity index (χ4v) is 1.76. The Morgan fingerprint density at radius 1 is 1.28 bits per heavy atom. The standard InChI is InChI=1S/C14H18N2O2/c1-3-8-15-9-13-14(18-10-16-13)11-4-6-12(17-2)7-5-11/h4-7,10,15H,3,8-9H2,1-2H3. The molecule has 4 nitrogen and oxygen atoms in total. The molecule has 4 heteroatoms. The predicted octanol–water partition coefficient (Wildman–Crippen LogP) is 2.85. The zero-order valence-corrected chi connectivity index (χ0v) is 10.8. The highest BCUT2D eigenvalue weighted by molar-refractivity contribution is 5.60. The summed E-state index contributed by atoms with van der Waals surface area (Å²) in [4.78, 5) is 4.25. The van der Waals surface area contributed by atoms with Crippen molar-refractivity contribution >= 4 is 0 Å². The molecule has 96 valence electrons. The Morgan fingerprint density at radius 2 is 2.06 bits per heavy atom. The van der Waals surface area contributed by atoms with Gasteiger partial charge in [0.05, 0.1) is 7.11 Å². The van der Waals surface area contributed by atoms with Crippen molar-refractivity contribution in [1.29, 1.82) is 0 Å². The third-order valence-corrected chi connectivity index (χ3v) is 2.71. The first-order chi connectivity index (χ1) is 8.85. The zero-order chi connectivity index (χ0) is 12.8. The second kappa shape index (κ2) is 6.21. The maximum absolute atomic E-state index is 5.46. The lowest BCUT2D eigenvalue weighted by Crippen LogP contribution is -2.14. The lowest BCUT2D eigenvalue weighted by molar-refractivity contribution is 0.415. The molecule has 2 rings (SSSR count). The van der Waals surface area contributed by atoms with Crippen molar-refractivity contribution in [3.05, 3.63) is 36.4 Å². The van der Waals surface area contributed by atoms with E-state index in [1.54, 1.807) is 7.11 Å². The highest BCUT2D eigenvalue weighted by Crippen LogP contribution is 2.25. The van der Waals surface area contributed by atoms with Crippen LogP contribution >= 0.6 is 0 Å². The summed E-state index contributed by atoms with van der Waals surface area (Å²) in [6.07, 6.45) is 2.60. The van der Waals surface area contributed by atoms with E-state index in [1.807, 2.05) is 24.3 Å². The summed E-state index contributed by atoms with van der Waals surface area (Å²) in [5, 5.41) is 3.32. The molecule has 0 saturated carbocycles. The van der Waals surface area contributed by atoms with E-state index < -0.39 is 0 Å². The number of methoxy groups -OCH3 is 1. The molecule has 0 radical (unpaired) electrons. The normalized spacial score (nSPS) is 10.6. The number of ether oxygens (including phenoxy) is 1. The van der Waals surface area contributed by atoms with E-state index in [0.717, 1.165) is 42.3 Å². The first kappa shape index (κ1) is 12.6. The van der Waals surface area contributed by atoms with Crippen LogP contribution < -0.4 is 10.1 Å². The average Bonchev–Trinajstić information content (AvgIpc) is 2.88. The van der Waals surface area contributed by atoms with Crippen LogP contribution in [0.1, 0.15) is 19.0 Å². The molecule has 1 N–H and O–H groups in total. The van der Waals surface area contributed by atoms with Gasteiger partial charge in [-0.2, -0.15) is 0 Å². The number of nitrogens with one attached hydrogen (secondary N) is 1. The van der Waals surface area contributed by atoms with E-state index in [1.165, 1.54) is 6.39 Å². The van der Waals surface area contributed by atoms with E-state index in [9.17, 15) is 0 Å². The topological polar surface area (TPSA) is 47.3 Å². The van der Waals surface area contributed by atoms with Crippen molar-refractivity contribution in [1.82, 2.24) is 10.3 Å². The molecule has 0 unspecified atom stereocenters. The zero-order valence-electron chi connectivity index (χ0n) is 10.8. The summed E-state index contributed by atoms with van der Waals surface area (Å²) >= 11 is 0. The lowest BCUT2D eigenvalue weighted by Gasteiger charge is -2.04. The third-order valence-electron chi connectivity index (χ3n) is 2.71.